The van der Waals surface area contributed by atoms with Gasteiger partial charge in [-0.2, -0.15) is 0 Å². The van der Waals surface area contributed by atoms with Gasteiger partial charge in [0.25, 0.3) is 6.43 Å². The van der Waals surface area contributed by atoms with Crippen molar-refractivity contribution in [3.8, 4) is 5.75 Å². The van der Waals surface area contributed by atoms with Crippen LogP contribution in [0.15, 0.2) is 47.0 Å². The van der Waals surface area contributed by atoms with Crippen molar-refractivity contribution >= 4 is 34.8 Å². The van der Waals surface area contributed by atoms with E-state index in [1.54, 1.807) is 13.2 Å². The molecule has 2 aliphatic rings. The fourth-order valence-corrected chi connectivity index (χ4v) is 4.60. The van der Waals surface area contributed by atoms with E-state index in [9.17, 15) is 8.78 Å². The topological polar surface area (TPSA) is 9.23 Å². The van der Waals surface area contributed by atoms with Gasteiger partial charge in [-0.1, -0.05) is 29.8 Å². The summed E-state index contributed by atoms with van der Waals surface area (Å²) in [5.74, 6) is 0.290. The number of halogens is 5. The Morgan fingerprint density at radius 3 is 2.43 bits per heavy atom. The van der Waals surface area contributed by atoms with E-state index in [1.165, 1.54) is 6.08 Å². The van der Waals surface area contributed by atoms with Gasteiger partial charge in [0, 0.05) is 16.9 Å². The summed E-state index contributed by atoms with van der Waals surface area (Å²) in [5, 5.41) is 0.320. The SMILES string of the molecule is COc1ccc(C2C(C3C=C(Cl)C=C(C(F)F)C3)C2(Cl)Cl)cc1. The third-order valence-corrected chi connectivity index (χ3v) is 5.70. The van der Waals surface area contributed by atoms with Crippen LogP contribution in [0.2, 0.25) is 0 Å². The number of hydrogen-bond donors (Lipinski definition) is 0. The first-order chi connectivity index (χ1) is 10.8. The Balaban J connectivity index is 1.82. The third kappa shape index (κ3) is 3.24. The van der Waals surface area contributed by atoms with Crippen molar-refractivity contribution in [3.63, 3.8) is 0 Å². The minimum atomic E-state index is -2.52. The molecule has 1 saturated carbocycles. The molecule has 1 nitrogen and oxygen atoms in total. The average molecular weight is 380 g/mol. The maximum Gasteiger partial charge on any atom is 0.260 e. The van der Waals surface area contributed by atoms with Crippen LogP contribution < -0.4 is 4.74 Å². The predicted octanol–water partition coefficient (Wildman–Crippen LogP) is 5.92. The van der Waals surface area contributed by atoms with Crippen molar-refractivity contribution in [2.75, 3.05) is 7.11 Å². The summed E-state index contributed by atoms with van der Waals surface area (Å²) < 4.78 is 30.2. The zero-order valence-electron chi connectivity index (χ0n) is 12.3. The van der Waals surface area contributed by atoms with Crippen molar-refractivity contribution in [3.05, 3.63) is 52.6 Å². The molecule has 0 bridgehead atoms. The number of hydrogen-bond acceptors (Lipinski definition) is 1. The van der Waals surface area contributed by atoms with E-state index in [4.69, 9.17) is 39.5 Å². The summed E-state index contributed by atoms with van der Waals surface area (Å²) in [6.07, 6.45) is 0.823. The van der Waals surface area contributed by atoms with Crippen LogP contribution in [0.5, 0.6) is 5.75 Å². The summed E-state index contributed by atoms with van der Waals surface area (Å²) in [5.41, 5.74) is 1.01. The second-order valence-electron chi connectivity index (χ2n) is 5.89. The molecule has 0 heterocycles. The highest BCUT2D eigenvalue weighted by Gasteiger charge is 2.66. The number of benzene rings is 1. The molecule has 23 heavy (non-hydrogen) atoms. The van der Waals surface area contributed by atoms with Crippen molar-refractivity contribution in [2.24, 2.45) is 11.8 Å². The van der Waals surface area contributed by atoms with E-state index in [1.807, 2.05) is 24.3 Å². The molecular formula is C17H15Cl3F2O. The Kier molecular flexibility index (Phi) is 4.65. The summed E-state index contributed by atoms with van der Waals surface area (Å²) >= 11 is 18.9. The minimum absolute atomic E-state index is 0.0343. The molecule has 0 N–H and O–H groups in total. The Hall–Kier alpha value is -0.770. The van der Waals surface area contributed by atoms with Crippen molar-refractivity contribution < 1.29 is 13.5 Å². The Bertz CT molecular complexity index is 652. The molecule has 1 aromatic rings. The lowest BCUT2D eigenvalue weighted by Gasteiger charge is -2.20. The van der Waals surface area contributed by atoms with Crippen LogP contribution in [-0.2, 0) is 0 Å². The van der Waals surface area contributed by atoms with E-state index in [0.717, 1.165) is 11.3 Å². The Labute approximate surface area is 148 Å². The lowest BCUT2D eigenvalue weighted by atomic mass is 9.88. The molecule has 1 fully saturated rings. The normalized spacial score (nSPS) is 29.1. The van der Waals surface area contributed by atoms with Crippen molar-refractivity contribution in [1.82, 2.24) is 0 Å². The van der Waals surface area contributed by atoms with Crippen LogP contribution in [0.25, 0.3) is 0 Å². The number of allylic oxidation sites excluding steroid dienone is 4. The number of rotatable bonds is 4. The fourth-order valence-electron chi connectivity index (χ4n) is 3.33. The molecule has 124 valence electrons. The predicted molar refractivity (Wildman–Crippen MR) is 89.8 cm³/mol. The molecular weight excluding hydrogens is 365 g/mol. The lowest BCUT2D eigenvalue weighted by Crippen LogP contribution is -2.13. The van der Waals surface area contributed by atoms with Crippen LogP contribution in [0.1, 0.15) is 17.9 Å². The van der Waals surface area contributed by atoms with E-state index < -0.39 is 10.8 Å². The van der Waals surface area contributed by atoms with Gasteiger partial charge in [-0.3, -0.25) is 0 Å². The molecule has 3 unspecified atom stereocenters. The van der Waals surface area contributed by atoms with Crippen LogP contribution in [0.4, 0.5) is 8.78 Å². The van der Waals surface area contributed by atoms with Crippen molar-refractivity contribution in [1.29, 1.82) is 0 Å². The highest BCUT2D eigenvalue weighted by atomic mass is 35.5. The van der Waals surface area contributed by atoms with Gasteiger partial charge < -0.3 is 4.74 Å². The zero-order valence-corrected chi connectivity index (χ0v) is 14.5. The van der Waals surface area contributed by atoms with Gasteiger partial charge >= 0.3 is 0 Å². The van der Waals surface area contributed by atoms with Crippen LogP contribution in [0, 0.1) is 11.8 Å². The first kappa shape index (κ1) is 17.1. The molecule has 6 heteroatoms. The number of methoxy groups -OCH3 is 1. The third-order valence-electron chi connectivity index (χ3n) is 4.49. The highest BCUT2D eigenvalue weighted by Crippen LogP contribution is 2.69. The van der Waals surface area contributed by atoms with E-state index >= 15 is 0 Å². The molecule has 3 rings (SSSR count). The van der Waals surface area contributed by atoms with Gasteiger partial charge in [0.05, 0.1) is 7.11 Å². The van der Waals surface area contributed by atoms with E-state index in [2.05, 4.69) is 0 Å². The highest BCUT2D eigenvalue weighted by molar-refractivity contribution is 6.52. The monoisotopic (exact) mass is 378 g/mol. The molecule has 0 aliphatic heterocycles. The first-order valence-electron chi connectivity index (χ1n) is 7.22. The molecule has 0 amide bonds. The fraction of sp³-hybridized carbons (Fsp3) is 0.412. The molecule has 3 atom stereocenters. The van der Waals surface area contributed by atoms with Crippen LogP contribution >= 0.6 is 34.8 Å². The van der Waals surface area contributed by atoms with Crippen LogP contribution in [-0.4, -0.2) is 17.9 Å². The van der Waals surface area contributed by atoms with E-state index in [0.29, 0.717) is 5.03 Å². The summed E-state index contributed by atoms with van der Waals surface area (Å²) in [6.45, 7) is 0. The number of ether oxygens (including phenoxy) is 1. The Morgan fingerprint density at radius 1 is 1.22 bits per heavy atom. The van der Waals surface area contributed by atoms with E-state index in [-0.39, 0.29) is 29.7 Å². The second kappa shape index (κ2) is 6.27. The smallest absolute Gasteiger partial charge is 0.260 e. The average Bonchev–Trinajstić information content (AvgIpc) is 3.09. The zero-order chi connectivity index (χ0) is 16.8. The van der Waals surface area contributed by atoms with Gasteiger partial charge in [-0.15, -0.1) is 23.2 Å². The first-order valence-corrected chi connectivity index (χ1v) is 8.35. The summed E-state index contributed by atoms with van der Waals surface area (Å²) in [6, 6.07) is 7.48. The molecule has 0 saturated heterocycles. The van der Waals surface area contributed by atoms with Crippen LogP contribution in [0.3, 0.4) is 0 Å². The largest absolute Gasteiger partial charge is 0.497 e. The van der Waals surface area contributed by atoms with Gasteiger partial charge in [-0.25, -0.2) is 8.78 Å². The molecule has 2 aliphatic carbocycles. The van der Waals surface area contributed by atoms with Gasteiger partial charge in [0.2, 0.25) is 0 Å². The standard InChI is InChI=1S/C17H15Cl3F2O/c1-23-13-4-2-9(3-5-13)14-15(17(14,19)20)10-6-11(16(21)22)8-12(18)7-10/h2-5,7-8,10,14-16H,6H2,1H3. The molecule has 0 radical (unpaired) electrons. The van der Waals surface area contributed by atoms with Gasteiger partial charge in [0.1, 0.15) is 10.1 Å². The lowest BCUT2D eigenvalue weighted by molar-refractivity contribution is 0.180. The molecule has 0 aromatic heterocycles. The van der Waals surface area contributed by atoms with Gasteiger partial charge in [-0.05, 0) is 41.7 Å². The maximum atomic E-state index is 13.0. The molecule has 0 spiro atoms. The molecule has 1 aromatic carbocycles. The van der Waals surface area contributed by atoms with Gasteiger partial charge in [0.15, 0.2) is 0 Å². The maximum absolute atomic E-state index is 13.0. The Morgan fingerprint density at radius 2 is 1.87 bits per heavy atom. The van der Waals surface area contributed by atoms with Crippen molar-refractivity contribution in [2.45, 2.75) is 23.1 Å². The quantitative estimate of drug-likeness (QED) is 0.590. The summed E-state index contributed by atoms with van der Waals surface area (Å²) in [7, 11) is 1.59. The minimum Gasteiger partial charge on any atom is -0.497 e. The number of alkyl halides is 4. The second-order valence-corrected chi connectivity index (χ2v) is 7.77. The summed E-state index contributed by atoms with van der Waals surface area (Å²) in [4.78, 5) is 0.